The molecule has 0 aliphatic heterocycles. The van der Waals surface area contributed by atoms with Gasteiger partial charge in [-0.05, 0) is 25.7 Å². The van der Waals surface area contributed by atoms with Gasteiger partial charge in [0.1, 0.15) is 0 Å². The second-order valence-electron chi connectivity index (χ2n) is 5.90. The van der Waals surface area contributed by atoms with Gasteiger partial charge in [0.25, 0.3) is 0 Å². The van der Waals surface area contributed by atoms with Crippen LogP contribution in [0.3, 0.4) is 0 Å². The molecule has 0 heterocycles. The summed E-state index contributed by atoms with van der Waals surface area (Å²) < 4.78 is 7.91. The largest absolute Gasteiger partial charge is 0.0885 e. The van der Waals surface area contributed by atoms with E-state index < -0.39 is 0 Å². The molecule has 0 radical (unpaired) electrons. The van der Waals surface area contributed by atoms with Crippen LogP contribution in [0, 0.1) is 0 Å². The molecule has 0 saturated heterocycles. The van der Waals surface area contributed by atoms with Crippen LogP contribution in [0.25, 0.3) is 0 Å². The molecule has 0 fully saturated rings. The minimum absolute atomic E-state index is 0.890. The summed E-state index contributed by atoms with van der Waals surface area (Å²) in [7, 11) is 0. The monoisotopic (exact) mass is 251 g/mol. The average molecular weight is 251 g/mol. The Hall–Kier alpha value is -0.260. The number of hydrogen-bond acceptors (Lipinski definition) is 0. The van der Waals surface area contributed by atoms with E-state index in [2.05, 4.69) is 6.08 Å². The fourth-order valence-corrected chi connectivity index (χ4v) is 2.80. The van der Waals surface area contributed by atoms with Crippen molar-refractivity contribution >= 4 is 0 Å². The van der Waals surface area contributed by atoms with E-state index in [0.29, 0.717) is 0 Å². The molecule has 1 rings (SSSR count). The average Bonchev–Trinajstić information content (AvgIpc) is 2.41. The van der Waals surface area contributed by atoms with E-state index in [1.165, 1.54) is 89.9 Å². The molecule has 0 nitrogen and oxygen atoms in total. The van der Waals surface area contributed by atoms with Gasteiger partial charge < -0.3 is 0 Å². The molecule has 0 N–H and O–H groups in total. The van der Waals surface area contributed by atoms with Crippen molar-refractivity contribution in [1.29, 1.82) is 0 Å². The van der Waals surface area contributed by atoms with E-state index in [0.717, 1.165) is 18.9 Å². The van der Waals surface area contributed by atoms with Crippen molar-refractivity contribution in [1.82, 2.24) is 0 Å². The maximum absolute atomic E-state index is 7.91. The highest BCUT2D eigenvalue weighted by Crippen LogP contribution is 2.14. The van der Waals surface area contributed by atoms with Crippen LogP contribution in [0.5, 0.6) is 0 Å². The van der Waals surface area contributed by atoms with Crippen LogP contribution in [0.4, 0.5) is 0 Å². The molecule has 0 aromatic rings. The number of allylic oxidation sites excluding steroid dienone is 2. The third-order valence-electron chi connectivity index (χ3n) is 4.06. The molecule has 0 unspecified atom stereocenters. The van der Waals surface area contributed by atoms with Crippen molar-refractivity contribution < 1.29 is 1.37 Å². The first-order valence-electron chi connectivity index (χ1n) is 9.05. The molecular weight excluding hydrogens is 216 g/mol. The van der Waals surface area contributed by atoms with Gasteiger partial charge in [-0.1, -0.05) is 89.2 Å². The molecule has 106 valence electrons. The standard InChI is InChI=1S/C18H34/c1-2-4-6-8-10-12-14-16-18-17-15-13-11-9-7-5-3-1/h1-2H,3-18H2/i1D. The molecule has 0 aromatic carbocycles. The Balaban J connectivity index is 2.16. The topological polar surface area (TPSA) is 0 Å². The van der Waals surface area contributed by atoms with E-state index in [1.54, 1.807) is 0 Å². The van der Waals surface area contributed by atoms with Crippen molar-refractivity contribution in [3.8, 4) is 0 Å². The highest BCUT2D eigenvalue weighted by atomic mass is 14.0. The first kappa shape index (κ1) is 14.2. The molecule has 1 aliphatic rings. The third kappa shape index (κ3) is 10.9. The van der Waals surface area contributed by atoms with Gasteiger partial charge in [0.2, 0.25) is 0 Å². The molecular formula is C18H34. The molecule has 0 heteroatoms. The normalized spacial score (nSPS) is 24.4. The van der Waals surface area contributed by atoms with Crippen LogP contribution in [0.15, 0.2) is 12.1 Å². The second-order valence-corrected chi connectivity index (χ2v) is 5.90. The lowest BCUT2D eigenvalue weighted by atomic mass is 10.0. The zero-order valence-electron chi connectivity index (χ0n) is 13.4. The van der Waals surface area contributed by atoms with Gasteiger partial charge in [0, 0.05) is 0 Å². The highest BCUT2D eigenvalue weighted by Gasteiger charge is 1.94. The van der Waals surface area contributed by atoms with E-state index in [1.807, 2.05) is 0 Å². The summed E-state index contributed by atoms with van der Waals surface area (Å²) >= 11 is 0. The maximum atomic E-state index is 7.91. The van der Waals surface area contributed by atoms with E-state index in [9.17, 15) is 0 Å². The van der Waals surface area contributed by atoms with Crippen LogP contribution < -0.4 is 0 Å². The highest BCUT2D eigenvalue weighted by molar-refractivity contribution is 4.81. The van der Waals surface area contributed by atoms with Crippen molar-refractivity contribution in [3.63, 3.8) is 0 Å². The smallest absolute Gasteiger partial charge is 0.0572 e. The predicted molar refractivity (Wildman–Crippen MR) is 83.0 cm³/mol. The van der Waals surface area contributed by atoms with Gasteiger partial charge >= 0.3 is 0 Å². The third-order valence-corrected chi connectivity index (χ3v) is 4.06. The van der Waals surface area contributed by atoms with Crippen LogP contribution in [-0.4, -0.2) is 0 Å². The molecule has 0 bridgehead atoms. The summed E-state index contributed by atoms with van der Waals surface area (Å²) in [6, 6.07) is 0.890. The maximum Gasteiger partial charge on any atom is 0.0572 e. The Labute approximate surface area is 117 Å². The van der Waals surface area contributed by atoms with Crippen LogP contribution in [0.2, 0.25) is 0 Å². The summed E-state index contributed by atoms with van der Waals surface area (Å²) in [6.07, 6.45) is 23.9. The summed E-state index contributed by atoms with van der Waals surface area (Å²) in [5.41, 5.74) is 0. The second kappa shape index (κ2) is 13.2. The predicted octanol–water partition coefficient (Wildman–Crippen LogP) is 6.80. The van der Waals surface area contributed by atoms with Gasteiger partial charge in [-0.25, -0.2) is 0 Å². The van der Waals surface area contributed by atoms with Crippen molar-refractivity contribution in [2.45, 2.75) is 103 Å². The van der Waals surface area contributed by atoms with E-state index in [4.69, 9.17) is 1.37 Å². The Morgan fingerprint density at radius 3 is 1.22 bits per heavy atom. The van der Waals surface area contributed by atoms with Gasteiger partial charge in [-0.2, -0.15) is 0 Å². The molecule has 0 spiro atoms. The molecule has 0 saturated carbocycles. The number of hydrogen-bond donors (Lipinski definition) is 0. The van der Waals surface area contributed by atoms with Crippen molar-refractivity contribution in [2.75, 3.05) is 0 Å². The SMILES string of the molecule is [2H]C1=CCCCCCCCCCCCCCCCC1. The van der Waals surface area contributed by atoms with Gasteiger partial charge in [0.15, 0.2) is 0 Å². The fourth-order valence-electron chi connectivity index (χ4n) is 2.80. The first-order chi connectivity index (χ1) is 9.39. The van der Waals surface area contributed by atoms with Crippen molar-refractivity contribution in [3.05, 3.63) is 12.1 Å². The molecule has 18 heavy (non-hydrogen) atoms. The summed E-state index contributed by atoms with van der Waals surface area (Å²) in [5.74, 6) is 0. The fraction of sp³-hybridized carbons (Fsp3) is 0.889. The summed E-state index contributed by atoms with van der Waals surface area (Å²) in [6.45, 7) is 0. The zero-order valence-corrected chi connectivity index (χ0v) is 12.4. The Bertz CT molecular complexity index is 220. The Kier molecular flexibility index (Phi) is 10.4. The lowest BCUT2D eigenvalue weighted by Crippen LogP contribution is -1.84. The Morgan fingerprint density at radius 1 is 0.444 bits per heavy atom. The van der Waals surface area contributed by atoms with E-state index in [-0.39, 0.29) is 0 Å². The summed E-state index contributed by atoms with van der Waals surface area (Å²) in [4.78, 5) is 0. The molecule has 1 aliphatic carbocycles. The van der Waals surface area contributed by atoms with Crippen LogP contribution >= 0.6 is 0 Å². The van der Waals surface area contributed by atoms with Crippen LogP contribution in [0.1, 0.15) is 104 Å². The Morgan fingerprint density at radius 2 is 0.778 bits per heavy atom. The van der Waals surface area contributed by atoms with Gasteiger partial charge in [0.05, 0.1) is 1.37 Å². The zero-order chi connectivity index (χ0) is 13.6. The van der Waals surface area contributed by atoms with Gasteiger partial charge in [-0.15, -0.1) is 0 Å². The minimum atomic E-state index is 0.890. The molecule has 0 amide bonds. The molecule has 0 aromatic heterocycles. The lowest BCUT2D eigenvalue weighted by molar-refractivity contribution is 0.533. The number of rotatable bonds is 0. The summed E-state index contributed by atoms with van der Waals surface area (Å²) in [5, 5.41) is 0. The lowest BCUT2D eigenvalue weighted by Gasteiger charge is -2.03. The first-order valence-corrected chi connectivity index (χ1v) is 8.55. The minimum Gasteiger partial charge on any atom is -0.0885 e. The van der Waals surface area contributed by atoms with E-state index >= 15 is 0 Å². The van der Waals surface area contributed by atoms with Crippen molar-refractivity contribution in [2.24, 2.45) is 0 Å². The quantitative estimate of drug-likeness (QED) is 0.415. The van der Waals surface area contributed by atoms with Crippen LogP contribution in [-0.2, 0) is 0 Å². The van der Waals surface area contributed by atoms with Gasteiger partial charge in [-0.3, -0.25) is 0 Å². The molecule has 0 atom stereocenters.